The van der Waals surface area contributed by atoms with Crippen molar-refractivity contribution in [2.24, 2.45) is 0 Å². The van der Waals surface area contributed by atoms with Gasteiger partial charge in [-0.1, -0.05) is 0 Å². The maximum absolute atomic E-state index is 12.7. The molecular formula is C20H27N7O9. The van der Waals surface area contributed by atoms with Crippen LogP contribution in [-0.2, 0) is 14.3 Å². The first-order valence-electron chi connectivity index (χ1n) is 11.0. The number of amides is 1. The van der Waals surface area contributed by atoms with Gasteiger partial charge in [-0.3, -0.25) is 14.3 Å². The second-order valence-corrected chi connectivity index (χ2v) is 8.40. The van der Waals surface area contributed by atoms with Gasteiger partial charge >= 0.3 is 5.69 Å². The van der Waals surface area contributed by atoms with Gasteiger partial charge in [0.15, 0.2) is 17.9 Å². The van der Waals surface area contributed by atoms with Crippen LogP contribution in [0.1, 0.15) is 18.2 Å². The van der Waals surface area contributed by atoms with Crippen LogP contribution in [0.25, 0.3) is 0 Å². The molecule has 0 spiro atoms. The Bertz CT molecular complexity index is 1160. The van der Waals surface area contributed by atoms with Crippen LogP contribution in [-0.4, -0.2) is 101 Å². The van der Waals surface area contributed by atoms with Crippen molar-refractivity contribution in [1.29, 1.82) is 0 Å². The van der Waals surface area contributed by atoms with E-state index in [-0.39, 0.29) is 29.6 Å². The Balaban J connectivity index is 1.65. The minimum atomic E-state index is -1.57. The van der Waals surface area contributed by atoms with Crippen LogP contribution in [0.5, 0.6) is 0 Å². The van der Waals surface area contributed by atoms with Gasteiger partial charge in [-0.2, -0.15) is 4.98 Å². The van der Waals surface area contributed by atoms with E-state index in [1.807, 2.05) is 0 Å². The number of ether oxygens (including phenoxy) is 2. The third-order valence-electron chi connectivity index (χ3n) is 6.08. The summed E-state index contributed by atoms with van der Waals surface area (Å²) in [5, 5.41) is 51.9. The van der Waals surface area contributed by atoms with Crippen molar-refractivity contribution in [3.05, 3.63) is 28.6 Å². The van der Waals surface area contributed by atoms with Crippen LogP contribution in [0.15, 0.2) is 17.3 Å². The van der Waals surface area contributed by atoms with Gasteiger partial charge in [0.25, 0.3) is 0 Å². The molecule has 7 atom stereocenters. The average Bonchev–Trinajstić information content (AvgIpc) is 3.37. The molecular weight excluding hydrogens is 482 g/mol. The largest absolute Gasteiger partial charge is 0.394 e. The lowest BCUT2D eigenvalue weighted by atomic mass is 10.1. The second-order valence-electron chi connectivity index (χ2n) is 8.40. The van der Waals surface area contributed by atoms with E-state index in [9.17, 15) is 35.1 Å². The minimum absolute atomic E-state index is 0.0389. The van der Waals surface area contributed by atoms with E-state index in [0.717, 1.165) is 11.2 Å². The zero-order valence-electron chi connectivity index (χ0n) is 19.1. The van der Waals surface area contributed by atoms with Crippen LogP contribution < -0.4 is 21.6 Å². The maximum Gasteiger partial charge on any atom is 0.351 e. The zero-order chi connectivity index (χ0) is 26.1. The van der Waals surface area contributed by atoms with Gasteiger partial charge in [0.05, 0.1) is 19.3 Å². The van der Waals surface area contributed by atoms with Crippen LogP contribution in [0.2, 0.25) is 0 Å². The van der Waals surface area contributed by atoms with Crippen LogP contribution in [0.3, 0.4) is 0 Å². The molecule has 2 aliphatic heterocycles. The van der Waals surface area contributed by atoms with Crippen LogP contribution in [0, 0.1) is 6.92 Å². The Hall–Kier alpha value is -3.25. The molecule has 0 aromatic carbocycles. The van der Waals surface area contributed by atoms with Gasteiger partial charge in [-0.05, 0) is 6.92 Å². The molecule has 2 aromatic heterocycles. The van der Waals surface area contributed by atoms with Crippen molar-refractivity contribution < 1.29 is 39.8 Å². The molecule has 2 aliphatic rings. The van der Waals surface area contributed by atoms with Crippen molar-refractivity contribution in [2.45, 2.75) is 56.3 Å². The molecule has 0 bridgehead atoms. The molecule has 8 N–H and O–H groups in total. The van der Waals surface area contributed by atoms with Gasteiger partial charge in [-0.25, -0.2) is 14.8 Å². The van der Waals surface area contributed by atoms with Crippen LogP contribution in [0.4, 0.5) is 23.1 Å². The Morgan fingerprint density at radius 3 is 2.53 bits per heavy atom. The molecule has 2 saturated heterocycles. The lowest BCUT2D eigenvalue weighted by molar-refractivity contribution is -0.111. The number of rotatable bonds is 8. The number of carbonyl (C=O) groups is 1. The zero-order valence-corrected chi connectivity index (χ0v) is 19.1. The number of carbonyl (C=O) groups excluding carboxylic acids is 1. The Labute approximate surface area is 203 Å². The lowest BCUT2D eigenvalue weighted by Gasteiger charge is -2.27. The van der Waals surface area contributed by atoms with Crippen molar-refractivity contribution >= 4 is 29.6 Å². The molecule has 196 valence electrons. The fourth-order valence-electron chi connectivity index (χ4n) is 4.11. The first kappa shape index (κ1) is 25.8. The molecule has 2 fully saturated rings. The Morgan fingerprint density at radius 1 is 1.19 bits per heavy atom. The molecule has 16 nitrogen and oxygen atoms in total. The van der Waals surface area contributed by atoms with E-state index in [2.05, 4.69) is 20.3 Å². The summed E-state index contributed by atoms with van der Waals surface area (Å²) in [6.45, 7) is 0.624. The van der Waals surface area contributed by atoms with E-state index in [1.165, 1.54) is 10.8 Å². The number of nitrogens with one attached hydrogen (secondary N) is 1. The molecule has 0 unspecified atom stereocenters. The molecule has 2 aromatic rings. The predicted molar refractivity (Wildman–Crippen MR) is 121 cm³/mol. The summed E-state index contributed by atoms with van der Waals surface area (Å²) in [6, 6.07) is 0. The minimum Gasteiger partial charge on any atom is -0.394 e. The molecule has 4 heterocycles. The summed E-state index contributed by atoms with van der Waals surface area (Å²) in [4.78, 5) is 37.5. The third kappa shape index (κ3) is 4.62. The number of nitrogen functional groups attached to an aromatic ring is 1. The van der Waals surface area contributed by atoms with Crippen molar-refractivity contribution in [3.8, 4) is 0 Å². The quantitative estimate of drug-likeness (QED) is 0.173. The molecule has 0 saturated carbocycles. The summed E-state index contributed by atoms with van der Waals surface area (Å²) in [7, 11) is 0. The number of aliphatic hydroxyl groups excluding tert-OH is 5. The highest BCUT2D eigenvalue weighted by Gasteiger charge is 2.46. The van der Waals surface area contributed by atoms with E-state index in [0.29, 0.717) is 12.0 Å². The fourth-order valence-corrected chi connectivity index (χ4v) is 4.11. The number of aromatic nitrogens is 4. The number of nitrogens with zero attached hydrogens (tertiary/aromatic N) is 5. The summed E-state index contributed by atoms with van der Waals surface area (Å²) in [6.07, 6.45) is -5.28. The molecule has 0 radical (unpaired) electrons. The number of anilines is 4. The molecule has 36 heavy (non-hydrogen) atoms. The van der Waals surface area contributed by atoms with Gasteiger partial charge in [0, 0.05) is 18.2 Å². The van der Waals surface area contributed by atoms with E-state index in [4.69, 9.17) is 15.2 Å². The van der Waals surface area contributed by atoms with Gasteiger partial charge < -0.3 is 46.1 Å². The SMILES string of the molecule is Cc1cn([C@H]2C[C@H](O)[C@@H](CO)O2)c(=O)nc1Nc1c(N)ncnc1N(C=O)[C@@H]1O[C@H](CO)[C@@H](O)[C@H]1O. The standard InChI is InChI=1S/C20H27N7O9/c1-8-3-26(12-2-9(31)10(4-28)35-12)20(34)25-17(8)24-13-16(21)22-6-23-18(13)27(7-30)19-15(33)14(32)11(5-29)36-19/h3,6-7,9-12,14-15,19,28-29,31-33H,2,4-5H2,1H3,(H2,21,22,23)(H,24,25,34)/t9-,10+,11+,12+,14+,15+,19+/m0/s1. The number of hydrogen-bond acceptors (Lipinski definition) is 14. The highest BCUT2D eigenvalue weighted by molar-refractivity contribution is 5.88. The molecule has 4 rings (SSSR count). The highest BCUT2D eigenvalue weighted by atomic mass is 16.6. The van der Waals surface area contributed by atoms with E-state index >= 15 is 0 Å². The Morgan fingerprint density at radius 2 is 1.92 bits per heavy atom. The summed E-state index contributed by atoms with van der Waals surface area (Å²) in [5.41, 5.74) is 5.68. The predicted octanol–water partition coefficient (Wildman–Crippen LogP) is -3.29. The maximum atomic E-state index is 12.7. The van der Waals surface area contributed by atoms with Crippen molar-refractivity contribution in [1.82, 2.24) is 19.5 Å². The monoisotopic (exact) mass is 509 g/mol. The summed E-state index contributed by atoms with van der Waals surface area (Å²) < 4.78 is 12.1. The normalized spacial score (nSPS) is 29.9. The Kier molecular flexibility index (Phi) is 7.46. The number of aliphatic hydroxyl groups is 5. The van der Waals surface area contributed by atoms with E-state index in [1.54, 1.807) is 6.92 Å². The molecule has 1 amide bonds. The van der Waals surface area contributed by atoms with Gasteiger partial charge in [-0.15, -0.1) is 0 Å². The summed E-state index contributed by atoms with van der Waals surface area (Å²) >= 11 is 0. The number of hydrogen-bond donors (Lipinski definition) is 7. The van der Waals surface area contributed by atoms with Gasteiger partial charge in [0.2, 0.25) is 6.41 Å². The third-order valence-corrected chi connectivity index (χ3v) is 6.08. The molecule has 16 heteroatoms. The van der Waals surface area contributed by atoms with E-state index < -0.39 is 61.9 Å². The first-order chi connectivity index (χ1) is 17.2. The van der Waals surface area contributed by atoms with Gasteiger partial charge in [0.1, 0.15) is 48.5 Å². The first-order valence-corrected chi connectivity index (χ1v) is 11.0. The summed E-state index contributed by atoms with van der Waals surface area (Å²) in [5.74, 6) is -0.231. The number of nitrogens with two attached hydrogens (primary N) is 1. The fraction of sp³-hybridized carbons (Fsp3) is 0.550. The average molecular weight is 509 g/mol. The topological polar surface area (TPSA) is 239 Å². The molecule has 0 aliphatic carbocycles. The number of aryl methyl sites for hydroxylation is 1. The second kappa shape index (κ2) is 10.4. The van der Waals surface area contributed by atoms with Crippen molar-refractivity contribution in [2.75, 3.05) is 29.2 Å². The van der Waals surface area contributed by atoms with Crippen LogP contribution >= 0.6 is 0 Å². The smallest absolute Gasteiger partial charge is 0.351 e. The highest BCUT2D eigenvalue weighted by Crippen LogP contribution is 2.35. The lowest BCUT2D eigenvalue weighted by Crippen LogP contribution is -2.44. The van der Waals surface area contributed by atoms with Crippen molar-refractivity contribution in [3.63, 3.8) is 0 Å².